The van der Waals surface area contributed by atoms with Crippen molar-refractivity contribution in [1.29, 1.82) is 0 Å². The monoisotopic (exact) mass is 444 g/mol. The molecule has 0 atom stereocenters. The van der Waals surface area contributed by atoms with Gasteiger partial charge in [-0.2, -0.15) is 0 Å². The van der Waals surface area contributed by atoms with Gasteiger partial charge in [0.05, 0.1) is 17.5 Å². The van der Waals surface area contributed by atoms with Crippen LogP contribution in [0.25, 0.3) is 33.6 Å². The summed E-state index contributed by atoms with van der Waals surface area (Å²) in [6.45, 7) is 0.440. The second kappa shape index (κ2) is 8.55. The van der Waals surface area contributed by atoms with E-state index in [1.807, 2.05) is 48.5 Å². The van der Waals surface area contributed by atoms with E-state index in [0.29, 0.717) is 18.0 Å². The number of aliphatic hydroxyl groups excluding tert-OH is 1. The molecule has 0 saturated heterocycles. The molecule has 1 aliphatic carbocycles. The number of carboxylic acid groups (broad SMARTS) is 1. The Balaban J connectivity index is 1.61. The summed E-state index contributed by atoms with van der Waals surface area (Å²) >= 11 is 0. The quantitative estimate of drug-likeness (QED) is 0.328. The SMILES string of the molecule is O=C(O)NC1(c2ccc(-c3oc4ncncc4c3-c3ccccc3NCCO)cc2)CCC1. The van der Waals surface area contributed by atoms with Gasteiger partial charge in [-0.15, -0.1) is 0 Å². The number of aliphatic hydroxyl groups is 1. The Labute approximate surface area is 190 Å². The number of nitrogens with one attached hydrogen (secondary N) is 2. The number of hydrogen-bond acceptors (Lipinski definition) is 6. The zero-order valence-electron chi connectivity index (χ0n) is 17.9. The Morgan fingerprint density at radius 3 is 2.61 bits per heavy atom. The van der Waals surface area contributed by atoms with Crippen LogP contribution < -0.4 is 10.6 Å². The van der Waals surface area contributed by atoms with Crippen molar-refractivity contribution >= 4 is 22.9 Å². The molecule has 4 aromatic rings. The third kappa shape index (κ3) is 3.78. The molecule has 0 spiro atoms. The summed E-state index contributed by atoms with van der Waals surface area (Å²) in [5.41, 5.74) is 4.42. The van der Waals surface area contributed by atoms with E-state index in [-0.39, 0.29) is 6.61 Å². The van der Waals surface area contributed by atoms with E-state index in [4.69, 9.17) is 4.42 Å². The second-order valence-corrected chi connectivity index (χ2v) is 8.19. The van der Waals surface area contributed by atoms with Gasteiger partial charge >= 0.3 is 6.09 Å². The van der Waals surface area contributed by atoms with Gasteiger partial charge in [0.2, 0.25) is 5.71 Å². The lowest BCUT2D eigenvalue weighted by Gasteiger charge is -2.42. The zero-order chi connectivity index (χ0) is 22.8. The van der Waals surface area contributed by atoms with Gasteiger partial charge in [-0.3, -0.25) is 0 Å². The first-order valence-electron chi connectivity index (χ1n) is 10.9. The molecule has 8 nitrogen and oxygen atoms in total. The van der Waals surface area contributed by atoms with E-state index in [0.717, 1.165) is 52.6 Å². The van der Waals surface area contributed by atoms with Crippen LogP contribution >= 0.6 is 0 Å². The molecule has 4 N–H and O–H groups in total. The van der Waals surface area contributed by atoms with Crippen LogP contribution in [-0.2, 0) is 5.54 Å². The lowest BCUT2D eigenvalue weighted by molar-refractivity contribution is 0.144. The zero-order valence-corrected chi connectivity index (χ0v) is 17.9. The van der Waals surface area contributed by atoms with Crippen LogP contribution in [0.1, 0.15) is 24.8 Å². The summed E-state index contributed by atoms with van der Waals surface area (Å²) in [6, 6.07) is 15.7. The Morgan fingerprint density at radius 1 is 1.12 bits per heavy atom. The lowest BCUT2D eigenvalue weighted by Crippen LogP contribution is -2.50. The third-order valence-corrected chi connectivity index (χ3v) is 6.25. The first kappa shape index (κ1) is 21.0. The van der Waals surface area contributed by atoms with Crippen LogP contribution in [0.3, 0.4) is 0 Å². The molecular weight excluding hydrogens is 420 g/mol. The van der Waals surface area contributed by atoms with Crippen LogP contribution in [0, 0.1) is 0 Å². The number of aromatic nitrogens is 2. The molecule has 1 aliphatic rings. The lowest BCUT2D eigenvalue weighted by atomic mass is 9.71. The molecule has 1 fully saturated rings. The smallest absolute Gasteiger partial charge is 0.405 e. The van der Waals surface area contributed by atoms with Crippen molar-refractivity contribution in [3.8, 4) is 22.5 Å². The van der Waals surface area contributed by atoms with E-state index < -0.39 is 11.6 Å². The molecule has 2 aromatic heterocycles. The van der Waals surface area contributed by atoms with Crippen LogP contribution in [0.5, 0.6) is 0 Å². The summed E-state index contributed by atoms with van der Waals surface area (Å²) in [6.07, 6.45) is 4.75. The fourth-order valence-electron chi connectivity index (χ4n) is 4.52. The average Bonchev–Trinajstić information content (AvgIpc) is 3.20. The highest BCUT2D eigenvalue weighted by Crippen LogP contribution is 2.45. The minimum atomic E-state index is -1.01. The van der Waals surface area contributed by atoms with E-state index in [2.05, 4.69) is 20.6 Å². The molecule has 33 heavy (non-hydrogen) atoms. The molecule has 168 valence electrons. The highest BCUT2D eigenvalue weighted by atomic mass is 16.4. The third-order valence-electron chi connectivity index (χ3n) is 6.25. The van der Waals surface area contributed by atoms with Crippen molar-refractivity contribution in [1.82, 2.24) is 15.3 Å². The maximum absolute atomic E-state index is 11.3. The molecule has 5 rings (SSSR count). The summed E-state index contributed by atoms with van der Waals surface area (Å²) in [7, 11) is 0. The molecule has 2 heterocycles. The van der Waals surface area contributed by atoms with Crippen molar-refractivity contribution in [2.75, 3.05) is 18.5 Å². The van der Waals surface area contributed by atoms with Gasteiger partial charge < -0.3 is 25.3 Å². The molecule has 0 bridgehead atoms. The average molecular weight is 444 g/mol. The summed E-state index contributed by atoms with van der Waals surface area (Å²) in [4.78, 5) is 19.8. The van der Waals surface area contributed by atoms with Crippen molar-refractivity contribution in [3.05, 3.63) is 66.6 Å². The molecule has 0 unspecified atom stereocenters. The van der Waals surface area contributed by atoms with Crippen molar-refractivity contribution in [2.45, 2.75) is 24.8 Å². The van der Waals surface area contributed by atoms with Crippen molar-refractivity contribution < 1.29 is 19.4 Å². The number of hydrogen-bond donors (Lipinski definition) is 4. The molecule has 0 aliphatic heterocycles. The first-order valence-corrected chi connectivity index (χ1v) is 10.9. The topological polar surface area (TPSA) is 121 Å². The summed E-state index contributed by atoms with van der Waals surface area (Å²) in [5.74, 6) is 0.657. The Morgan fingerprint density at radius 2 is 1.91 bits per heavy atom. The molecule has 2 aromatic carbocycles. The van der Waals surface area contributed by atoms with Crippen LogP contribution in [-0.4, -0.2) is 39.4 Å². The van der Waals surface area contributed by atoms with Gasteiger partial charge in [-0.1, -0.05) is 42.5 Å². The van der Waals surface area contributed by atoms with Gasteiger partial charge in [-0.05, 0) is 30.9 Å². The number of rotatable bonds is 7. The first-order chi connectivity index (χ1) is 16.1. The Bertz CT molecular complexity index is 1300. The fourth-order valence-corrected chi connectivity index (χ4v) is 4.52. The van der Waals surface area contributed by atoms with Gasteiger partial charge in [-0.25, -0.2) is 14.8 Å². The van der Waals surface area contributed by atoms with Crippen molar-refractivity contribution in [2.24, 2.45) is 0 Å². The standard InChI is InChI=1S/C25H24N4O4/c30-13-12-27-20-5-2-1-4-18(20)21-19-14-26-15-28-23(19)33-22(21)16-6-8-17(9-7-16)25(10-3-11-25)29-24(31)32/h1-2,4-9,14-15,27,29-30H,3,10-13H2,(H,31,32). The molecule has 1 amide bonds. The minimum Gasteiger partial charge on any atom is -0.465 e. The number of fused-ring (bicyclic) bond motifs is 1. The van der Waals surface area contributed by atoms with E-state index in [1.54, 1.807) is 6.20 Å². The molecule has 1 saturated carbocycles. The van der Waals surface area contributed by atoms with E-state index in [1.165, 1.54) is 6.33 Å². The number of para-hydroxylation sites is 1. The molecule has 0 radical (unpaired) electrons. The highest BCUT2D eigenvalue weighted by Gasteiger charge is 2.40. The fraction of sp³-hybridized carbons (Fsp3) is 0.240. The predicted octanol–water partition coefficient (Wildman–Crippen LogP) is 4.61. The maximum Gasteiger partial charge on any atom is 0.405 e. The van der Waals surface area contributed by atoms with Crippen LogP contribution in [0.2, 0.25) is 0 Å². The highest BCUT2D eigenvalue weighted by molar-refractivity contribution is 6.03. The van der Waals surface area contributed by atoms with Gasteiger partial charge in [0.1, 0.15) is 12.1 Å². The molecule has 8 heteroatoms. The number of nitrogens with zero attached hydrogens (tertiary/aromatic N) is 2. The summed E-state index contributed by atoms with van der Waals surface area (Å²) in [5, 5.41) is 25.3. The number of furan rings is 1. The number of amides is 1. The Hall–Kier alpha value is -3.91. The maximum atomic E-state index is 11.3. The van der Waals surface area contributed by atoms with Crippen LogP contribution in [0.4, 0.5) is 10.5 Å². The van der Waals surface area contributed by atoms with Crippen LogP contribution in [0.15, 0.2) is 65.5 Å². The van der Waals surface area contributed by atoms with Gasteiger partial charge in [0.15, 0.2) is 0 Å². The largest absolute Gasteiger partial charge is 0.465 e. The van der Waals surface area contributed by atoms with Gasteiger partial charge in [0.25, 0.3) is 0 Å². The number of benzene rings is 2. The minimum absolute atomic E-state index is 0.0179. The second-order valence-electron chi connectivity index (χ2n) is 8.19. The normalized spacial score (nSPS) is 14.6. The Kier molecular flexibility index (Phi) is 5.43. The van der Waals surface area contributed by atoms with E-state index in [9.17, 15) is 15.0 Å². The summed E-state index contributed by atoms with van der Waals surface area (Å²) < 4.78 is 6.19. The van der Waals surface area contributed by atoms with Gasteiger partial charge in [0, 0.05) is 35.1 Å². The molecular formula is C25H24N4O4. The number of anilines is 1. The van der Waals surface area contributed by atoms with Crippen molar-refractivity contribution in [3.63, 3.8) is 0 Å². The predicted molar refractivity (Wildman–Crippen MR) is 125 cm³/mol. The van der Waals surface area contributed by atoms with E-state index >= 15 is 0 Å². The number of carbonyl (C=O) groups is 1.